The third-order valence-corrected chi connectivity index (χ3v) is 3.33. The van der Waals surface area contributed by atoms with Crippen molar-refractivity contribution in [3.63, 3.8) is 0 Å². The van der Waals surface area contributed by atoms with Gasteiger partial charge in [0.05, 0.1) is 11.9 Å². The molecule has 0 fully saturated rings. The summed E-state index contributed by atoms with van der Waals surface area (Å²) in [7, 11) is 0. The van der Waals surface area contributed by atoms with E-state index in [4.69, 9.17) is 16.3 Å². The van der Waals surface area contributed by atoms with Crippen molar-refractivity contribution in [2.75, 3.05) is 5.43 Å². The van der Waals surface area contributed by atoms with Crippen molar-refractivity contribution in [3.05, 3.63) is 89.4 Å². The molecule has 114 valence electrons. The molecule has 0 bridgehead atoms. The average Bonchev–Trinajstić information content (AvgIpc) is 2.58. The first-order chi connectivity index (χ1) is 11.3. The summed E-state index contributed by atoms with van der Waals surface area (Å²) in [5, 5.41) is 4.87. The molecule has 3 nitrogen and oxygen atoms in total. The van der Waals surface area contributed by atoms with Crippen LogP contribution in [0.1, 0.15) is 5.56 Å². The summed E-state index contributed by atoms with van der Waals surface area (Å²) in [6, 6.07) is 24.8. The minimum absolute atomic E-state index is 0.674. The highest BCUT2D eigenvalue weighted by atomic mass is 35.5. The second-order valence-corrected chi connectivity index (χ2v) is 5.30. The number of hydrogen-bond donors (Lipinski definition) is 1. The van der Waals surface area contributed by atoms with Crippen molar-refractivity contribution < 1.29 is 4.74 Å². The number of halogens is 1. The van der Waals surface area contributed by atoms with Crippen LogP contribution >= 0.6 is 11.6 Å². The van der Waals surface area contributed by atoms with Crippen LogP contribution in [0.25, 0.3) is 0 Å². The second kappa shape index (κ2) is 7.47. The number of nitrogens with zero attached hydrogens (tertiary/aromatic N) is 1. The van der Waals surface area contributed by atoms with Crippen molar-refractivity contribution >= 4 is 23.5 Å². The molecule has 0 aliphatic carbocycles. The van der Waals surface area contributed by atoms with E-state index in [0.29, 0.717) is 5.02 Å². The molecule has 0 saturated carbocycles. The zero-order valence-corrected chi connectivity index (χ0v) is 13.1. The molecule has 0 spiro atoms. The van der Waals surface area contributed by atoms with E-state index in [0.717, 1.165) is 22.7 Å². The predicted octanol–water partition coefficient (Wildman–Crippen LogP) is 5.58. The quantitative estimate of drug-likeness (QED) is 0.491. The van der Waals surface area contributed by atoms with Crippen LogP contribution in [0.5, 0.6) is 11.5 Å². The van der Waals surface area contributed by atoms with E-state index in [-0.39, 0.29) is 0 Å². The Morgan fingerprint density at radius 2 is 1.57 bits per heavy atom. The zero-order chi connectivity index (χ0) is 15.9. The molecule has 0 aliphatic rings. The van der Waals surface area contributed by atoms with Gasteiger partial charge in [0.1, 0.15) is 11.5 Å². The van der Waals surface area contributed by atoms with E-state index in [1.54, 1.807) is 6.21 Å². The second-order valence-electron chi connectivity index (χ2n) is 4.86. The maximum atomic E-state index is 5.92. The smallest absolute Gasteiger partial charge is 0.127 e. The first-order valence-electron chi connectivity index (χ1n) is 7.17. The number of rotatable bonds is 5. The zero-order valence-electron chi connectivity index (χ0n) is 12.3. The van der Waals surface area contributed by atoms with Crippen LogP contribution in [-0.4, -0.2) is 6.21 Å². The van der Waals surface area contributed by atoms with E-state index in [1.165, 1.54) is 0 Å². The molecule has 0 aromatic heterocycles. The number of ether oxygens (including phenoxy) is 1. The number of hydrazone groups is 1. The summed E-state index contributed by atoms with van der Waals surface area (Å²) < 4.78 is 5.75. The Bertz CT molecular complexity index is 786. The van der Waals surface area contributed by atoms with Crippen LogP contribution in [0.15, 0.2) is 84.0 Å². The fourth-order valence-corrected chi connectivity index (χ4v) is 2.18. The highest BCUT2D eigenvalue weighted by Gasteiger charge is 1.96. The Labute approximate surface area is 140 Å². The summed E-state index contributed by atoms with van der Waals surface area (Å²) in [6.45, 7) is 0. The third kappa shape index (κ3) is 4.59. The predicted molar refractivity (Wildman–Crippen MR) is 95.6 cm³/mol. The summed E-state index contributed by atoms with van der Waals surface area (Å²) in [5.41, 5.74) is 4.76. The van der Waals surface area contributed by atoms with E-state index in [2.05, 4.69) is 10.5 Å². The highest BCUT2D eigenvalue weighted by Crippen LogP contribution is 2.20. The van der Waals surface area contributed by atoms with Crippen LogP contribution in [0, 0.1) is 0 Å². The first kappa shape index (κ1) is 15.1. The molecule has 3 aromatic rings. The molecule has 0 heterocycles. The molecule has 23 heavy (non-hydrogen) atoms. The molecule has 0 aliphatic heterocycles. The minimum atomic E-state index is 0.674. The van der Waals surface area contributed by atoms with E-state index in [9.17, 15) is 0 Å². The fraction of sp³-hybridized carbons (Fsp3) is 0. The monoisotopic (exact) mass is 322 g/mol. The maximum absolute atomic E-state index is 5.92. The van der Waals surface area contributed by atoms with Crippen molar-refractivity contribution in [1.82, 2.24) is 0 Å². The van der Waals surface area contributed by atoms with Crippen LogP contribution < -0.4 is 10.2 Å². The molecular weight excluding hydrogens is 308 g/mol. The molecule has 3 rings (SSSR count). The lowest BCUT2D eigenvalue weighted by Gasteiger charge is -2.05. The van der Waals surface area contributed by atoms with Gasteiger partial charge in [-0.05, 0) is 60.2 Å². The van der Waals surface area contributed by atoms with Gasteiger partial charge in [0, 0.05) is 5.02 Å². The van der Waals surface area contributed by atoms with Crippen LogP contribution in [-0.2, 0) is 0 Å². The normalized spacial score (nSPS) is 10.7. The van der Waals surface area contributed by atoms with Gasteiger partial charge in [-0.3, -0.25) is 5.43 Å². The van der Waals surface area contributed by atoms with Gasteiger partial charge < -0.3 is 4.74 Å². The average molecular weight is 323 g/mol. The molecule has 0 unspecified atom stereocenters. The van der Waals surface area contributed by atoms with Crippen LogP contribution in [0.2, 0.25) is 5.02 Å². The Balaban J connectivity index is 1.60. The van der Waals surface area contributed by atoms with Crippen molar-refractivity contribution in [3.8, 4) is 11.5 Å². The van der Waals surface area contributed by atoms with Gasteiger partial charge in [0.25, 0.3) is 0 Å². The van der Waals surface area contributed by atoms with E-state index in [1.807, 2.05) is 78.9 Å². The molecule has 3 aromatic carbocycles. The van der Waals surface area contributed by atoms with Gasteiger partial charge in [-0.25, -0.2) is 0 Å². The van der Waals surface area contributed by atoms with Gasteiger partial charge in [0.15, 0.2) is 0 Å². The first-order valence-corrected chi connectivity index (χ1v) is 7.55. The SMILES string of the molecule is Clc1cccc(NN=Cc2ccc(Oc3ccccc3)cc2)c1. The molecule has 0 saturated heterocycles. The van der Waals surface area contributed by atoms with Gasteiger partial charge in [-0.15, -0.1) is 0 Å². The summed E-state index contributed by atoms with van der Waals surface area (Å²) >= 11 is 5.92. The summed E-state index contributed by atoms with van der Waals surface area (Å²) in [5.74, 6) is 1.60. The van der Waals surface area contributed by atoms with Gasteiger partial charge in [0.2, 0.25) is 0 Å². The van der Waals surface area contributed by atoms with Gasteiger partial charge >= 0.3 is 0 Å². The summed E-state index contributed by atoms with van der Waals surface area (Å²) in [4.78, 5) is 0. The number of para-hydroxylation sites is 1. The van der Waals surface area contributed by atoms with Crippen LogP contribution in [0.4, 0.5) is 5.69 Å². The standard InChI is InChI=1S/C19H15ClN2O/c20-16-5-4-6-17(13-16)22-21-14-15-9-11-19(12-10-15)23-18-7-2-1-3-8-18/h1-14,22H. The van der Waals surface area contributed by atoms with Gasteiger partial charge in [-0.2, -0.15) is 5.10 Å². The Morgan fingerprint density at radius 3 is 2.30 bits per heavy atom. The molecule has 0 radical (unpaired) electrons. The molecule has 0 atom stereocenters. The van der Waals surface area contributed by atoms with Crippen LogP contribution in [0.3, 0.4) is 0 Å². The Hall–Kier alpha value is -2.78. The van der Waals surface area contributed by atoms with Crippen molar-refractivity contribution in [2.45, 2.75) is 0 Å². The highest BCUT2D eigenvalue weighted by molar-refractivity contribution is 6.30. The number of hydrogen-bond acceptors (Lipinski definition) is 3. The summed E-state index contributed by atoms with van der Waals surface area (Å²) in [6.07, 6.45) is 1.74. The number of nitrogens with one attached hydrogen (secondary N) is 1. The molecule has 1 N–H and O–H groups in total. The van der Waals surface area contributed by atoms with E-state index >= 15 is 0 Å². The topological polar surface area (TPSA) is 33.6 Å². The largest absolute Gasteiger partial charge is 0.457 e. The van der Waals surface area contributed by atoms with Crippen molar-refractivity contribution in [1.29, 1.82) is 0 Å². The number of benzene rings is 3. The maximum Gasteiger partial charge on any atom is 0.127 e. The van der Waals surface area contributed by atoms with Gasteiger partial charge in [-0.1, -0.05) is 35.9 Å². The lowest BCUT2D eigenvalue weighted by molar-refractivity contribution is 0.482. The minimum Gasteiger partial charge on any atom is -0.457 e. The lowest BCUT2D eigenvalue weighted by atomic mass is 10.2. The van der Waals surface area contributed by atoms with Crippen molar-refractivity contribution in [2.24, 2.45) is 5.10 Å². The Morgan fingerprint density at radius 1 is 0.826 bits per heavy atom. The molecule has 4 heteroatoms. The Kier molecular flexibility index (Phi) is 4.92. The third-order valence-electron chi connectivity index (χ3n) is 3.09. The molecule has 0 amide bonds. The number of anilines is 1. The fourth-order valence-electron chi connectivity index (χ4n) is 1.99. The molecular formula is C19H15ClN2O. The lowest BCUT2D eigenvalue weighted by Crippen LogP contribution is -1.90. The van der Waals surface area contributed by atoms with E-state index < -0.39 is 0 Å².